The molecule has 1 aliphatic heterocycles. The van der Waals surface area contributed by atoms with Crippen LogP contribution in [0.5, 0.6) is 11.5 Å². The molecule has 1 unspecified atom stereocenters. The molecule has 0 fully saturated rings. The largest absolute Gasteiger partial charge is 0.507 e. The van der Waals surface area contributed by atoms with E-state index in [9.17, 15) is 10.2 Å². The second-order valence-electron chi connectivity index (χ2n) is 8.64. The van der Waals surface area contributed by atoms with Gasteiger partial charge in [0.05, 0.1) is 11.2 Å². The highest BCUT2D eigenvalue weighted by molar-refractivity contribution is 5.84. The maximum Gasteiger partial charge on any atom is 0.132 e. The molecule has 0 bridgehead atoms. The highest BCUT2D eigenvalue weighted by Crippen LogP contribution is 2.53. The SMILES string of the molecule is CCCCCc1cc(O)c2c(c1)OC(C)(C)C1=C2C(OCC)[C@](C)(O)CC1. The van der Waals surface area contributed by atoms with Crippen LogP contribution in [-0.4, -0.2) is 34.1 Å². The van der Waals surface area contributed by atoms with Crippen molar-refractivity contribution < 1.29 is 19.7 Å². The van der Waals surface area contributed by atoms with Gasteiger partial charge in [-0.1, -0.05) is 19.8 Å². The molecule has 0 amide bonds. The third kappa shape index (κ3) is 3.74. The third-order valence-corrected chi connectivity index (χ3v) is 5.94. The first kappa shape index (κ1) is 20.2. The molecular formula is C23H34O4. The summed E-state index contributed by atoms with van der Waals surface area (Å²) in [6.07, 6.45) is 5.26. The Bertz CT molecular complexity index is 730. The van der Waals surface area contributed by atoms with Crippen molar-refractivity contribution in [1.82, 2.24) is 0 Å². The van der Waals surface area contributed by atoms with E-state index >= 15 is 0 Å². The van der Waals surface area contributed by atoms with Crippen molar-refractivity contribution in [3.8, 4) is 11.5 Å². The van der Waals surface area contributed by atoms with Crippen LogP contribution in [0, 0.1) is 0 Å². The lowest BCUT2D eigenvalue weighted by Crippen LogP contribution is -2.49. The lowest BCUT2D eigenvalue weighted by atomic mass is 9.70. The molecule has 1 aliphatic carbocycles. The zero-order chi connectivity index (χ0) is 19.8. The lowest BCUT2D eigenvalue weighted by molar-refractivity contribution is -0.0786. The van der Waals surface area contributed by atoms with E-state index in [-0.39, 0.29) is 5.75 Å². The third-order valence-electron chi connectivity index (χ3n) is 5.94. The molecule has 0 saturated heterocycles. The van der Waals surface area contributed by atoms with E-state index in [4.69, 9.17) is 9.47 Å². The number of hydrogen-bond acceptors (Lipinski definition) is 4. The molecule has 2 atom stereocenters. The van der Waals surface area contributed by atoms with Gasteiger partial charge in [0.1, 0.15) is 23.2 Å². The van der Waals surface area contributed by atoms with Gasteiger partial charge in [0.15, 0.2) is 0 Å². The molecule has 0 spiro atoms. The fourth-order valence-corrected chi connectivity index (χ4v) is 4.52. The number of phenolic OH excluding ortho intramolecular Hbond substituents is 1. The minimum absolute atomic E-state index is 0.226. The summed E-state index contributed by atoms with van der Waals surface area (Å²) in [4.78, 5) is 0. The van der Waals surface area contributed by atoms with E-state index in [1.54, 1.807) is 0 Å². The number of fused-ring (bicyclic) bond motifs is 2. The van der Waals surface area contributed by atoms with Crippen molar-refractivity contribution in [2.45, 2.75) is 90.4 Å². The summed E-state index contributed by atoms with van der Waals surface area (Å²) in [7, 11) is 0. The average Bonchev–Trinajstić information content (AvgIpc) is 2.56. The molecule has 1 heterocycles. The number of phenols is 1. The van der Waals surface area contributed by atoms with Crippen LogP contribution >= 0.6 is 0 Å². The number of aliphatic hydroxyl groups is 1. The topological polar surface area (TPSA) is 58.9 Å². The smallest absolute Gasteiger partial charge is 0.132 e. The van der Waals surface area contributed by atoms with Crippen molar-refractivity contribution in [2.24, 2.45) is 0 Å². The Morgan fingerprint density at radius 3 is 2.59 bits per heavy atom. The van der Waals surface area contributed by atoms with Gasteiger partial charge in [-0.25, -0.2) is 0 Å². The number of hydrogen-bond donors (Lipinski definition) is 2. The first-order valence-electron chi connectivity index (χ1n) is 10.3. The molecule has 3 rings (SSSR count). The molecular weight excluding hydrogens is 340 g/mol. The Morgan fingerprint density at radius 2 is 1.93 bits per heavy atom. The molecule has 4 nitrogen and oxygen atoms in total. The maximum absolute atomic E-state index is 11.0. The summed E-state index contributed by atoms with van der Waals surface area (Å²) < 4.78 is 12.4. The van der Waals surface area contributed by atoms with E-state index in [2.05, 4.69) is 26.8 Å². The normalized spacial score (nSPS) is 26.4. The predicted molar refractivity (Wildman–Crippen MR) is 108 cm³/mol. The summed E-state index contributed by atoms with van der Waals surface area (Å²) in [5, 5.41) is 21.9. The zero-order valence-corrected chi connectivity index (χ0v) is 17.4. The Hall–Kier alpha value is -1.52. The molecule has 27 heavy (non-hydrogen) atoms. The van der Waals surface area contributed by atoms with Gasteiger partial charge in [0, 0.05) is 12.2 Å². The Labute approximate surface area is 163 Å². The summed E-state index contributed by atoms with van der Waals surface area (Å²) in [6, 6.07) is 3.91. The van der Waals surface area contributed by atoms with Gasteiger partial charge in [-0.15, -0.1) is 0 Å². The molecule has 0 saturated carbocycles. The molecule has 2 aliphatic rings. The number of benzene rings is 1. The molecule has 0 aromatic heterocycles. The Balaban J connectivity index is 2.11. The van der Waals surface area contributed by atoms with Crippen molar-refractivity contribution in [1.29, 1.82) is 0 Å². The first-order valence-corrected chi connectivity index (χ1v) is 10.3. The van der Waals surface area contributed by atoms with Crippen LogP contribution in [0.2, 0.25) is 0 Å². The van der Waals surface area contributed by atoms with Gasteiger partial charge >= 0.3 is 0 Å². The van der Waals surface area contributed by atoms with Gasteiger partial charge in [0.2, 0.25) is 0 Å². The molecule has 0 radical (unpaired) electrons. The second-order valence-corrected chi connectivity index (χ2v) is 8.64. The van der Waals surface area contributed by atoms with Crippen molar-refractivity contribution >= 4 is 5.57 Å². The number of aryl methyl sites for hydroxylation is 1. The minimum Gasteiger partial charge on any atom is -0.507 e. The van der Waals surface area contributed by atoms with Crippen LogP contribution in [0.3, 0.4) is 0 Å². The van der Waals surface area contributed by atoms with Crippen molar-refractivity contribution in [3.05, 3.63) is 28.8 Å². The van der Waals surface area contributed by atoms with Crippen molar-refractivity contribution in [2.75, 3.05) is 6.61 Å². The van der Waals surface area contributed by atoms with Gasteiger partial charge in [-0.05, 0) is 76.6 Å². The summed E-state index contributed by atoms with van der Waals surface area (Å²) in [5.74, 6) is 0.928. The van der Waals surface area contributed by atoms with Crippen LogP contribution in [0.4, 0.5) is 0 Å². The van der Waals surface area contributed by atoms with Crippen molar-refractivity contribution in [3.63, 3.8) is 0 Å². The molecule has 150 valence electrons. The summed E-state index contributed by atoms with van der Waals surface area (Å²) in [6.45, 7) is 10.6. The fraction of sp³-hybridized carbons (Fsp3) is 0.652. The van der Waals surface area contributed by atoms with E-state index < -0.39 is 17.3 Å². The maximum atomic E-state index is 11.0. The highest BCUT2D eigenvalue weighted by Gasteiger charge is 2.48. The van der Waals surface area contributed by atoms with Gasteiger partial charge < -0.3 is 19.7 Å². The number of aromatic hydroxyl groups is 1. The quantitative estimate of drug-likeness (QED) is 0.688. The first-order chi connectivity index (χ1) is 12.7. The minimum atomic E-state index is -0.966. The molecule has 4 heteroatoms. The Kier molecular flexibility index (Phi) is 5.60. The van der Waals surface area contributed by atoms with E-state index in [1.165, 1.54) is 12.8 Å². The summed E-state index contributed by atoms with van der Waals surface area (Å²) >= 11 is 0. The van der Waals surface area contributed by atoms with Crippen LogP contribution in [0.1, 0.15) is 77.8 Å². The fourth-order valence-electron chi connectivity index (χ4n) is 4.52. The lowest BCUT2D eigenvalue weighted by Gasteiger charge is -2.47. The van der Waals surface area contributed by atoms with Crippen LogP contribution in [0.15, 0.2) is 17.7 Å². The number of rotatable bonds is 6. The van der Waals surface area contributed by atoms with Crippen LogP contribution < -0.4 is 4.74 Å². The Morgan fingerprint density at radius 1 is 1.19 bits per heavy atom. The van der Waals surface area contributed by atoms with Gasteiger partial charge in [-0.2, -0.15) is 0 Å². The summed E-state index contributed by atoms with van der Waals surface area (Å²) in [5.41, 5.74) is 2.37. The zero-order valence-electron chi connectivity index (χ0n) is 17.4. The molecule has 1 aromatic rings. The van der Waals surface area contributed by atoms with Gasteiger partial charge in [-0.3, -0.25) is 0 Å². The van der Waals surface area contributed by atoms with Crippen LogP contribution in [-0.2, 0) is 11.2 Å². The van der Waals surface area contributed by atoms with E-state index in [1.807, 2.05) is 19.9 Å². The monoisotopic (exact) mass is 374 g/mol. The molecule has 1 aromatic carbocycles. The number of ether oxygens (including phenoxy) is 2. The second kappa shape index (κ2) is 7.48. The number of unbranched alkanes of at least 4 members (excludes halogenated alkanes) is 2. The standard InChI is InChI=1S/C23H34O4/c1-6-8-9-10-15-13-17(24)20-18(14-15)27-22(3,4)16-11-12-23(5,25)21(19(16)20)26-7-2/h13-14,21,24-25H,6-12H2,1-5H3/t21?,23-/m1/s1. The molecule has 2 N–H and O–H groups in total. The van der Waals surface area contributed by atoms with E-state index in [0.29, 0.717) is 24.3 Å². The van der Waals surface area contributed by atoms with Gasteiger partial charge in [0.25, 0.3) is 0 Å². The average molecular weight is 375 g/mol. The van der Waals surface area contributed by atoms with Crippen LogP contribution in [0.25, 0.3) is 5.57 Å². The van der Waals surface area contributed by atoms with E-state index in [0.717, 1.165) is 36.0 Å². The highest BCUT2D eigenvalue weighted by atomic mass is 16.5. The predicted octanol–water partition coefficient (Wildman–Crippen LogP) is 5.00.